The third kappa shape index (κ3) is 3.94. The maximum Gasteiger partial charge on any atom is 0.217 e. The Morgan fingerprint density at radius 1 is 1.25 bits per heavy atom. The molecule has 20 heavy (non-hydrogen) atoms. The highest BCUT2D eigenvalue weighted by Gasteiger charge is 2.15. The molecule has 0 spiro atoms. The fourth-order valence-electron chi connectivity index (χ4n) is 2.24. The van der Waals surface area contributed by atoms with Crippen molar-refractivity contribution in [2.24, 2.45) is 0 Å². The zero-order valence-electron chi connectivity index (χ0n) is 12.1. The van der Waals surface area contributed by atoms with Gasteiger partial charge in [-0.2, -0.15) is 0 Å². The SMILES string of the molecule is CCCCc1ccc(C(NC(C)=O)c2cccs2)cc1. The van der Waals surface area contributed by atoms with Crippen molar-refractivity contribution in [3.8, 4) is 0 Å². The predicted molar refractivity (Wildman–Crippen MR) is 85.0 cm³/mol. The minimum Gasteiger partial charge on any atom is -0.345 e. The molecule has 0 radical (unpaired) electrons. The van der Waals surface area contributed by atoms with Crippen LogP contribution < -0.4 is 5.32 Å². The lowest BCUT2D eigenvalue weighted by molar-refractivity contribution is -0.119. The highest BCUT2D eigenvalue weighted by atomic mass is 32.1. The van der Waals surface area contributed by atoms with Gasteiger partial charge in [0, 0.05) is 11.8 Å². The molecule has 1 heterocycles. The van der Waals surface area contributed by atoms with Crippen LogP contribution in [0.5, 0.6) is 0 Å². The van der Waals surface area contributed by atoms with E-state index in [4.69, 9.17) is 0 Å². The van der Waals surface area contributed by atoms with Crippen LogP contribution in [-0.2, 0) is 11.2 Å². The van der Waals surface area contributed by atoms with Gasteiger partial charge in [0.25, 0.3) is 0 Å². The summed E-state index contributed by atoms with van der Waals surface area (Å²) in [7, 11) is 0. The second-order valence-corrected chi connectivity index (χ2v) is 5.97. The number of rotatable bonds is 6. The Morgan fingerprint density at radius 2 is 2.00 bits per heavy atom. The molecule has 1 aromatic carbocycles. The van der Waals surface area contributed by atoms with Crippen molar-refractivity contribution in [2.75, 3.05) is 0 Å². The molecule has 0 saturated heterocycles. The number of hydrogen-bond donors (Lipinski definition) is 1. The van der Waals surface area contributed by atoms with Crippen molar-refractivity contribution < 1.29 is 4.79 Å². The van der Waals surface area contributed by atoms with Crippen LogP contribution in [0.1, 0.15) is 48.7 Å². The number of nitrogens with one attached hydrogen (secondary N) is 1. The maximum atomic E-state index is 11.4. The van der Waals surface area contributed by atoms with E-state index in [-0.39, 0.29) is 11.9 Å². The molecule has 2 rings (SSSR count). The van der Waals surface area contributed by atoms with E-state index < -0.39 is 0 Å². The van der Waals surface area contributed by atoms with Crippen LogP contribution in [0.3, 0.4) is 0 Å². The fourth-order valence-corrected chi connectivity index (χ4v) is 3.04. The van der Waals surface area contributed by atoms with Gasteiger partial charge < -0.3 is 5.32 Å². The molecule has 0 saturated carbocycles. The highest BCUT2D eigenvalue weighted by Crippen LogP contribution is 2.26. The predicted octanol–water partition coefficient (Wildman–Crippen LogP) is 4.32. The Balaban J connectivity index is 2.18. The van der Waals surface area contributed by atoms with Gasteiger partial charge in [0.15, 0.2) is 0 Å². The molecule has 1 unspecified atom stereocenters. The number of carbonyl (C=O) groups excluding carboxylic acids is 1. The number of thiophene rings is 1. The molecular weight excluding hydrogens is 266 g/mol. The van der Waals surface area contributed by atoms with Gasteiger partial charge in [-0.1, -0.05) is 43.7 Å². The third-order valence-electron chi connectivity index (χ3n) is 3.31. The van der Waals surface area contributed by atoms with Crippen LogP contribution in [-0.4, -0.2) is 5.91 Å². The van der Waals surface area contributed by atoms with Crippen molar-refractivity contribution in [1.29, 1.82) is 0 Å². The number of carbonyl (C=O) groups is 1. The summed E-state index contributed by atoms with van der Waals surface area (Å²) >= 11 is 1.67. The van der Waals surface area contributed by atoms with Gasteiger partial charge in [0.2, 0.25) is 5.91 Å². The highest BCUT2D eigenvalue weighted by molar-refractivity contribution is 7.10. The van der Waals surface area contributed by atoms with Gasteiger partial charge in [-0.15, -0.1) is 11.3 Å². The number of amides is 1. The molecule has 1 atom stereocenters. The van der Waals surface area contributed by atoms with Crippen LogP contribution in [0.4, 0.5) is 0 Å². The Kier molecular flexibility index (Phi) is 5.36. The first kappa shape index (κ1) is 14.8. The monoisotopic (exact) mass is 287 g/mol. The first-order valence-corrected chi connectivity index (χ1v) is 7.98. The molecule has 2 aromatic rings. The second kappa shape index (κ2) is 7.25. The Morgan fingerprint density at radius 3 is 2.55 bits per heavy atom. The summed E-state index contributed by atoms with van der Waals surface area (Å²) in [5.41, 5.74) is 2.51. The number of aryl methyl sites for hydroxylation is 1. The first-order chi connectivity index (χ1) is 9.70. The minimum absolute atomic E-state index is 0.00143. The first-order valence-electron chi connectivity index (χ1n) is 7.10. The second-order valence-electron chi connectivity index (χ2n) is 4.99. The average molecular weight is 287 g/mol. The Hall–Kier alpha value is -1.61. The molecule has 2 nitrogen and oxygen atoms in total. The number of unbranched alkanes of at least 4 members (excludes halogenated alkanes) is 1. The lowest BCUT2D eigenvalue weighted by Gasteiger charge is -2.17. The average Bonchev–Trinajstić information content (AvgIpc) is 2.97. The molecule has 1 amide bonds. The van der Waals surface area contributed by atoms with E-state index >= 15 is 0 Å². The van der Waals surface area contributed by atoms with E-state index in [2.05, 4.69) is 42.6 Å². The summed E-state index contributed by atoms with van der Waals surface area (Å²) < 4.78 is 0. The lowest BCUT2D eigenvalue weighted by Crippen LogP contribution is -2.26. The molecule has 3 heteroatoms. The van der Waals surface area contributed by atoms with Crippen molar-refractivity contribution in [1.82, 2.24) is 5.32 Å². The van der Waals surface area contributed by atoms with E-state index in [9.17, 15) is 4.79 Å². The standard InChI is InChI=1S/C17H21NOS/c1-3-4-6-14-8-10-15(11-9-14)17(18-13(2)19)16-7-5-12-20-16/h5,7-12,17H,3-4,6H2,1-2H3,(H,18,19). The van der Waals surface area contributed by atoms with Gasteiger partial charge in [0.1, 0.15) is 0 Å². The third-order valence-corrected chi connectivity index (χ3v) is 4.24. The number of hydrogen-bond acceptors (Lipinski definition) is 2. The molecule has 106 valence electrons. The zero-order chi connectivity index (χ0) is 14.4. The summed E-state index contributed by atoms with van der Waals surface area (Å²) in [5, 5.41) is 5.07. The summed E-state index contributed by atoms with van der Waals surface area (Å²) in [6, 6.07) is 12.7. The largest absolute Gasteiger partial charge is 0.345 e. The van der Waals surface area contributed by atoms with Crippen LogP contribution in [0.15, 0.2) is 41.8 Å². The van der Waals surface area contributed by atoms with Crippen LogP contribution in [0.25, 0.3) is 0 Å². The van der Waals surface area contributed by atoms with Crippen LogP contribution >= 0.6 is 11.3 Å². The Bertz CT molecular complexity index is 531. The van der Waals surface area contributed by atoms with Gasteiger partial charge in [-0.3, -0.25) is 4.79 Å². The van der Waals surface area contributed by atoms with E-state index in [1.165, 1.54) is 23.3 Å². The van der Waals surface area contributed by atoms with Gasteiger partial charge in [0.05, 0.1) is 6.04 Å². The quantitative estimate of drug-likeness (QED) is 0.842. The molecule has 0 bridgehead atoms. The van der Waals surface area contributed by atoms with E-state index in [0.29, 0.717) is 0 Å². The van der Waals surface area contributed by atoms with E-state index in [1.54, 1.807) is 18.3 Å². The van der Waals surface area contributed by atoms with Crippen molar-refractivity contribution in [2.45, 2.75) is 39.2 Å². The molecule has 0 aliphatic heterocycles. The molecule has 1 N–H and O–H groups in total. The topological polar surface area (TPSA) is 29.1 Å². The van der Waals surface area contributed by atoms with Gasteiger partial charge in [-0.25, -0.2) is 0 Å². The van der Waals surface area contributed by atoms with Crippen molar-refractivity contribution >= 4 is 17.2 Å². The summed E-state index contributed by atoms with van der Waals surface area (Å²) in [4.78, 5) is 12.6. The van der Waals surface area contributed by atoms with Crippen molar-refractivity contribution in [3.05, 3.63) is 57.8 Å². The summed E-state index contributed by atoms with van der Waals surface area (Å²) in [5.74, 6) is -0.00143. The minimum atomic E-state index is -0.0345. The smallest absolute Gasteiger partial charge is 0.217 e. The van der Waals surface area contributed by atoms with E-state index in [1.807, 2.05) is 11.4 Å². The molecule has 0 fully saturated rings. The fraction of sp³-hybridized carbons (Fsp3) is 0.353. The summed E-state index contributed by atoms with van der Waals surface area (Å²) in [6.07, 6.45) is 3.56. The molecule has 0 aliphatic rings. The Labute approximate surface area is 124 Å². The molecular formula is C17H21NOS. The number of benzene rings is 1. The maximum absolute atomic E-state index is 11.4. The van der Waals surface area contributed by atoms with E-state index in [0.717, 1.165) is 12.0 Å². The van der Waals surface area contributed by atoms with Gasteiger partial charge in [-0.05, 0) is 35.4 Å². The zero-order valence-corrected chi connectivity index (χ0v) is 12.9. The van der Waals surface area contributed by atoms with Crippen LogP contribution in [0.2, 0.25) is 0 Å². The summed E-state index contributed by atoms with van der Waals surface area (Å²) in [6.45, 7) is 3.77. The molecule has 1 aromatic heterocycles. The normalized spacial score (nSPS) is 12.1. The molecule has 0 aliphatic carbocycles. The lowest BCUT2D eigenvalue weighted by atomic mass is 10.0. The van der Waals surface area contributed by atoms with Crippen LogP contribution in [0, 0.1) is 0 Å². The van der Waals surface area contributed by atoms with Gasteiger partial charge >= 0.3 is 0 Å². The van der Waals surface area contributed by atoms with Crippen molar-refractivity contribution in [3.63, 3.8) is 0 Å².